The first kappa shape index (κ1) is 16.4. The van der Waals surface area contributed by atoms with Crippen LogP contribution in [0.3, 0.4) is 0 Å². The van der Waals surface area contributed by atoms with Gasteiger partial charge in [-0.2, -0.15) is 15.0 Å². The zero-order valence-corrected chi connectivity index (χ0v) is 12.8. The van der Waals surface area contributed by atoms with Crippen molar-refractivity contribution in [3.8, 4) is 0 Å². The van der Waals surface area contributed by atoms with E-state index in [1.54, 1.807) is 0 Å². The predicted molar refractivity (Wildman–Crippen MR) is 82.3 cm³/mol. The Morgan fingerprint density at radius 2 is 1.75 bits per heavy atom. The van der Waals surface area contributed by atoms with E-state index in [-0.39, 0.29) is 12.6 Å². The SMILES string of the molecule is CCCNc1nc(NC(C)CO)nc(N(CC)CC)n1. The highest BCUT2D eigenvalue weighted by atomic mass is 16.3. The molecule has 0 aliphatic heterocycles. The molecule has 1 aromatic rings. The molecular weight excluding hydrogens is 256 g/mol. The number of aliphatic hydroxyl groups excluding tert-OH is 1. The van der Waals surface area contributed by atoms with Gasteiger partial charge in [0.25, 0.3) is 0 Å². The van der Waals surface area contributed by atoms with E-state index in [4.69, 9.17) is 5.11 Å². The minimum atomic E-state index is -0.0963. The van der Waals surface area contributed by atoms with Gasteiger partial charge in [-0.15, -0.1) is 0 Å². The van der Waals surface area contributed by atoms with Crippen LogP contribution in [0, 0.1) is 0 Å². The Hall–Kier alpha value is -1.63. The van der Waals surface area contributed by atoms with Crippen molar-refractivity contribution in [2.45, 2.75) is 40.2 Å². The zero-order valence-electron chi connectivity index (χ0n) is 12.8. The third kappa shape index (κ3) is 4.80. The lowest BCUT2D eigenvalue weighted by Gasteiger charge is -2.20. The maximum atomic E-state index is 9.12. The Kier molecular flexibility index (Phi) is 7.00. The number of hydrogen-bond donors (Lipinski definition) is 3. The largest absolute Gasteiger partial charge is 0.394 e. The second-order valence-corrected chi connectivity index (χ2v) is 4.61. The fourth-order valence-corrected chi connectivity index (χ4v) is 1.66. The standard InChI is InChI=1S/C13H26N6O/c1-5-8-14-11-16-12(15-10(4)9-20)18-13(17-11)19(6-2)7-3/h10,20H,5-9H2,1-4H3,(H2,14,15,16,17,18). The molecule has 7 nitrogen and oxygen atoms in total. The number of hydrogen-bond acceptors (Lipinski definition) is 7. The summed E-state index contributed by atoms with van der Waals surface area (Å²) in [5, 5.41) is 15.4. The topological polar surface area (TPSA) is 86.2 Å². The Bertz CT molecular complexity index is 396. The van der Waals surface area contributed by atoms with E-state index in [1.165, 1.54) is 0 Å². The fraction of sp³-hybridized carbons (Fsp3) is 0.769. The minimum absolute atomic E-state index is 0.0318. The van der Waals surface area contributed by atoms with Gasteiger partial charge < -0.3 is 20.6 Å². The van der Waals surface area contributed by atoms with E-state index in [0.717, 1.165) is 26.1 Å². The molecule has 1 aromatic heterocycles. The van der Waals surface area contributed by atoms with Gasteiger partial charge in [0.05, 0.1) is 6.61 Å². The van der Waals surface area contributed by atoms with E-state index < -0.39 is 0 Å². The molecule has 7 heteroatoms. The Morgan fingerprint density at radius 1 is 1.10 bits per heavy atom. The van der Waals surface area contributed by atoms with Crippen LogP contribution in [0.4, 0.5) is 17.8 Å². The molecule has 0 aliphatic carbocycles. The molecule has 0 fully saturated rings. The van der Waals surface area contributed by atoms with Crippen LogP contribution >= 0.6 is 0 Å². The fourth-order valence-electron chi connectivity index (χ4n) is 1.66. The molecule has 0 radical (unpaired) electrons. The average Bonchev–Trinajstić information content (AvgIpc) is 2.46. The molecule has 1 unspecified atom stereocenters. The lowest BCUT2D eigenvalue weighted by Crippen LogP contribution is -2.27. The summed E-state index contributed by atoms with van der Waals surface area (Å²) in [6, 6.07) is -0.0963. The van der Waals surface area contributed by atoms with Crippen molar-refractivity contribution in [2.24, 2.45) is 0 Å². The molecule has 1 atom stereocenters. The zero-order chi connectivity index (χ0) is 15.0. The van der Waals surface area contributed by atoms with Crippen molar-refractivity contribution in [1.29, 1.82) is 0 Å². The monoisotopic (exact) mass is 282 g/mol. The van der Waals surface area contributed by atoms with Crippen molar-refractivity contribution in [1.82, 2.24) is 15.0 Å². The van der Waals surface area contributed by atoms with Crippen LogP contribution < -0.4 is 15.5 Å². The van der Waals surface area contributed by atoms with Crippen LogP contribution in [0.15, 0.2) is 0 Å². The van der Waals surface area contributed by atoms with Gasteiger partial charge >= 0.3 is 0 Å². The highest BCUT2D eigenvalue weighted by Crippen LogP contribution is 2.14. The number of rotatable bonds is 9. The molecule has 0 amide bonds. The van der Waals surface area contributed by atoms with E-state index in [1.807, 2.05) is 6.92 Å². The van der Waals surface area contributed by atoms with E-state index in [2.05, 4.69) is 51.3 Å². The van der Waals surface area contributed by atoms with Crippen molar-refractivity contribution >= 4 is 17.8 Å². The average molecular weight is 282 g/mol. The van der Waals surface area contributed by atoms with Crippen LogP contribution in [-0.4, -0.2) is 52.3 Å². The molecule has 3 N–H and O–H groups in total. The Morgan fingerprint density at radius 3 is 2.30 bits per heavy atom. The smallest absolute Gasteiger partial charge is 0.231 e. The minimum Gasteiger partial charge on any atom is -0.394 e. The number of aliphatic hydroxyl groups is 1. The van der Waals surface area contributed by atoms with Crippen molar-refractivity contribution in [3.05, 3.63) is 0 Å². The second-order valence-electron chi connectivity index (χ2n) is 4.61. The van der Waals surface area contributed by atoms with E-state index in [9.17, 15) is 0 Å². The molecule has 1 heterocycles. The molecule has 0 saturated carbocycles. The van der Waals surface area contributed by atoms with Crippen LogP contribution in [0.1, 0.15) is 34.1 Å². The molecule has 0 aliphatic rings. The van der Waals surface area contributed by atoms with Gasteiger partial charge in [-0.3, -0.25) is 0 Å². The van der Waals surface area contributed by atoms with Gasteiger partial charge in [-0.1, -0.05) is 6.92 Å². The normalized spacial score (nSPS) is 12.1. The molecule has 114 valence electrons. The summed E-state index contributed by atoms with van der Waals surface area (Å²) in [6.45, 7) is 10.6. The Labute approximate surface area is 120 Å². The summed E-state index contributed by atoms with van der Waals surface area (Å²) in [5.74, 6) is 1.70. The molecule has 0 aromatic carbocycles. The third-order valence-electron chi connectivity index (χ3n) is 2.85. The number of nitrogens with one attached hydrogen (secondary N) is 2. The maximum Gasteiger partial charge on any atom is 0.231 e. The number of nitrogens with zero attached hydrogens (tertiary/aromatic N) is 4. The second kappa shape index (κ2) is 8.52. The highest BCUT2D eigenvalue weighted by Gasteiger charge is 2.12. The summed E-state index contributed by atoms with van der Waals surface area (Å²) >= 11 is 0. The van der Waals surface area contributed by atoms with Crippen LogP contribution in [0.2, 0.25) is 0 Å². The summed E-state index contributed by atoms with van der Waals surface area (Å²) in [7, 11) is 0. The molecule has 1 rings (SSSR count). The van der Waals surface area contributed by atoms with Crippen LogP contribution in [0.5, 0.6) is 0 Å². The highest BCUT2D eigenvalue weighted by molar-refractivity contribution is 5.44. The third-order valence-corrected chi connectivity index (χ3v) is 2.85. The first-order valence-electron chi connectivity index (χ1n) is 7.26. The molecule has 20 heavy (non-hydrogen) atoms. The van der Waals surface area contributed by atoms with E-state index in [0.29, 0.717) is 17.8 Å². The van der Waals surface area contributed by atoms with Gasteiger partial charge in [-0.25, -0.2) is 0 Å². The first-order chi connectivity index (χ1) is 9.64. The maximum absolute atomic E-state index is 9.12. The van der Waals surface area contributed by atoms with Crippen molar-refractivity contribution < 1.29 is 5.11 Å². The summed E-state index contributed by atoms with van der Waals surface area (Å²) in [4.78, 5) is 15.2. The van der Waals surface area contributed by atoms with Gasteiger partial charge in [0.1, 0.15) is 0 Å². The van der Waals surface area contributed by atoms with E-state index >= 15 is 0 Å². The van der Waals surface area contributed by atoms with Gasteiger partial charge in [-0.05, 0) is 27.2 Å². The summed E-state index contributed by atoms with van der Waals surface area (Å²) in [6.07, 6.45) is 1.00. The Balaban J connectivity index is 2.99. The molecule has 0 saturated heterocycles. The van der Waals surface area contributed by atoms with Crippen LogP contribution in [-0.2, 0) is 0 Å². The number of anilines is 3. The van der Waals surface area contributed by atoms with Crippen molar-refractivity contribution in [2.75, 3.05) is 41.8 Å². The molecular formula is C13H26N6O. The van der Waals surface area contributed by atoms with Crippen LogP contribution in [0.25, 0.3) is 0 Å². The number of aromatic nitrogens is 3. The summed E-state index contributed by atoms with van der Waals surface area (Å²) < 4.78 is 0. The lowest BCUT2D eigenvalue weighted by molar-refractivity contribution is 0.281. The quantitative estimate of drug-likeness (QED) is 0.630. The summed E-state index contributed by atoms with van der Waals surface area (Å²) in [5.41, 5.74) is 0. The molecule has 0 spiro atoms. The van der Waals surface area contributed by atoms with Gasteiger partial charge in [0, 0.05) is 25.7 Å². The van der Waals surface area contributed by atoms with Gasteiger partial charge in [0.15, 0.2) is 0 Å². The molecule has 0 bridgehead atoms. The van der Waals surface area contributed by atoms with Gasteiger partial charge in [0.2, 0.25) is 17.8 Å². The van der Waals surface area contributed by atoms with Crippen molar-refractivity contribution in [3.63, 3.8) is 0 Å². The lowest BCUT2D eigenvalue weighted by atomic mass is 10.4. The first-order valence-corrected chi connectivity index (χ1v) is 7.26. The predicted octanol–water partition coefficient (Wildman–Crippen LogP) is 1.33.